The average Bonchev–Trinajstić information content (AvgIpc) is 2.81. The van der Waals surface area contributed by atoms with E-state index in [1.54, 1.807) is 0 Å². The molecule has 2 heterocycles. The van der Waals surface area contributed by atoms with Crippen LogP contribution in [-0.4, -0.2) is 21.8 Å². The van der Waals surface area contributed by atoms with Crippen molar-refractivity contribution in [3.05, 3.63) is 44.9 Å². The van der Waals surface area contributed by atoms with E-state index in [9.17, 15) is 0 Å². The maximum atomic E-state index is 6.48. The Morgan fingerprint density at radius 1 is 1.38 bits per heavy atom. The molecule has 2 aromatic heterocycles. The summed E-state index contributed by atoms with van der Waals surface area (Å²) >= 11 is 9.90. The molecule has 1 unspecified atom stereocenters. The van der Waals surface area contributed by atoms with Crippen molar-refractivity contribution in [2.45, 2.75) is 39.3 Å². The summed E-state index contributed by atoms with van der Waals surface area (Å²) in [5, 5.41) is 8.67. The van der Waals surface area contributed by atoms with Gasteiger partial charge in [0.2, 0.25) is 0 Å². The Morgan fingerprint density at radius 2 is 2.14 bits per heavy atom. The Balaban J connectivity index is 2.30. The Hall–Kier alpha value is -0.910. The first-order valence-corrected chi connectivity index (χ1v) is 8.30. The second-order valence-corrected chi connectivity index (χ2v) is 6.12. The van der Waals surface area contributed by atoms with E-state index in [4.69, 9.17) is 11.6 Å². The Kier molecular flexibility index (Phi) is 5.79. The summed E-state index contributed by atoms with van der Waals surface area (Å²) in [5.74, 6) is 0. The summed E-state index contributed by atoms with van der Waals surface area (Å²) in [6.45, 7) is 4.97. The number of nitrogens with one attached hydrogen (secondary N) is 1. The molecule has 0 aromatic carbocycles. The number of hydrogen-bond donors (Lipinski definition) is 1. The van der Waals surface area contributed by atoms with Crippen LogP contribution in [0.2, 0.25) is 5.02 Å². The summed E-state index contributed by atoms with van der Waals surface area (Å²) in [6.07, 6.45) is 3.43. The van der Waals surface area contributed by atoms with Crippen molar-refractivity contribution < 1.29 is 0 Å². The fourth-order valence-corrected chi connectivity index (χ4v) is 2.93. The predicted octanol–water partition coefficient (Wildman–Crippen LogP) is 3.78. The first-order valence-electron chi connectivity index (χ1n) is 7.13. The molecule has 0 spiro atoms. The minimum absolute atomic E-state index is 0.113. The highest BCUT2D eigenvalue weighted by molar-refractivity contribution is 9.10. The van der Waals surface area contributed by atoms with Gasteiger partial charge in [-0.05, 0) is 48.5 Å². The molecule has 6 heteroatoms. The highest BCUT2D eigenvalue weighted by Crippen LogP contribution is 2.26. The lowest BCUT2D eigenvalue weighted by Crippen LogP contribution is -2.21. The van der Waals surface area contributed by atoms with E-state index in [2.05, 4.69) is 45.2 Å². The maximum Gasteiger partial charge on any atom is 0.0850 e. The molecular weight excluding hydrogens is 352 g/mol. The molecular formula is C15H20BrClN4. The first-order chi connectivity index (χ1) is 10.1. The van der Waals surface area contributed by atoms with Gasteiger partial charge in [0, 0.05) is 23.6 Å². The third kappa shape index (κ3) is 3.65. The lowest BCUT2D eigenvalue weighted by molar-refractivity contribution is 0.531. The molecule has 1 atom stereocenters. The molecule has 2 aromatic rings. The van der Waals surface area contributed by atoms with Gasteiger partial charge in [0.25, 0.3) is 0 Å². The average molecular weight is 372 g/mol. The number of pyridine rings is 1. The molecule has 114 valence electrons. The van der Waals surface area contributed by atoms with Crippen LogP contribution in [0, 0.1) is 0 Å². The van der Waals surface area contributed by atoms with Gasteiger partial charge in [0.15, 0.2) is 0 Å². The molecule has 0 bridgehead atoms. The van der Waals surface area contributed by atoms with Crippen LogP contribution in [0.25, 0.3) is 0 Å². The quantitative estimate of drug-likeness (QED) is 0.840. The molecule has 0 radical (unpaired) electrons. The van der Waals surface area contributed by atoms with E-state index < -0.39 is 0 Å². The van der Waals surface area contributed by atoms with Gasteiger partial charge in [0.1, 0.15) is 0 Å². The van der Waals surface area contributed by atoms with E-state index >= 15 is 0 Å². The number of rotatable bonds is 6. The smallest absolute Gasteiger partial charge is 0.0850 e. The fraction of sp³-hybridized carbons (Fsp3) is 0.467. The maximum absolute atomic E-state index is 6.48. The molecule has 0 aliphatic carbocycles. The van der Waals surface area contributed by atoms with Gasteiger partial charge in [-0.1, -0.05) is 18.5 Å². The molecule has 0 amide bonds. The number of hydrogen-bond acceptors (Lipinski definition) is 3. The Morgan fingerprint density at radius 3 is 2.67 bits per heavy atom. The Labute approximate surface area is 139 Å². The summed E-state index contributed by atoms with van der Waals surface area (Å²) in [6, 6.07) is 4.14. The lowest BCUT2D eigenvalue weighted by Gasteiger charge is -2.16. The molecule has 21 heavy (non-hydrogen) atoms. The van der Waals surface area contributed by atoms with Crippen molar-refractivity contribution in [2.24, 2.45) is 0 Å². The Bertz CT molecular complexity index is 594. The topological polar surface area (TPSA) is 42.7 Å². The standard InChI is InChI=1S/C15H20BrClN4/c1-4-11-15(17)14(21(5-2)20-11)8-13(18-3)12-7-6-10(16)9-19-12/h6-7,9,13,18H,4-5,8H2,1-3H3. The van der Waals surface area contributed by atoms with Crippen molar-refractivity contribution in [2.75, 3.05) is 7.05 Å². The van der Waals surface area contributed by atoms with Crippen LogP contribution in [0.15, 0.2) is 22.8 Å². The lowest BCUT2D eigenvalue weighted by atomic mass is 10.1. The van der Waals surface area contributed by atoms with Gasteiger partial charge >= 0.3 is 0 Å². The number of aryl methyl sites for hydroxylation is 2. The second-order valence-electron chi connectivity index (χ2n) is 4.82. The monoisotopic (exact) mass is 370 g/mol. The minimum Gasteiger partial charge on any atom is -0.311 e. The first kappa shape index (κ1) is 16.5. The highest BCUT2D eigenvalue weighted by Gasteiger charge is 2.19. The van der Waals surface area contributed by atoms with Gasteiger partial charge in [-0.3, -0.25) is 9.67 Å². The zero-order chi connectivity index (χ0) is 15.4. The largest absolute Gasteiger partial charge is 0.311 e. The second kappa shape index (κ2) is 7.38. The van der Waals surface area contributed by atoms with Crippen LogP contribution in [0.4, 0.5) is 0 Å². The van der Waals surface area contributed by atoms with Gasteiger partial charge < -0.3 is 5.32 Å². The molecule has 1 N–H and O–H groups in total. The third-order valence-corrected chi connectivity index (χ3v) is 4.45. The summed E-state index contributed by atoms with van der Waals surface area (Å²) in [5.41, 5.74) is 3.03. The summed E-state index contributed by atoms with van der Waals surface area (Å²) < 4.78 is 2.97. The van der Waals surface area contributed by atoms with Crippen LogP contribution < -0.4 is 5.32 Å². The van der Waals surface area contributed by atoms with Gasteiger partial charge in [-0.25, -0.2) is 0 Å². The normalized spacial score (nSPS) is 12.6. The fourth-order valence-electron chi connectivity index (χ4n) is 2.35. The number of likely N-dealkylation sites (N-methyl/N-ethyl adjacent to an activating group) is 1. The highest BCUT2D eigenvalue weighted by atomic mass is 79.9. The van der Waals surface area contributed by atoms with Gasteiger partial charge in [0.05, 0.1) is 28.1 Å². The molecule has 0 aliphatic rings. The van der Waals surface area contributed by atoms with Crippen LogP contribution in [0.3, 0.4) is 0 Å². The molecule has 2 rings (SSSR count). The molecule has 0 aliphatic heterocycles. The number of halogens is 2. The van der Waals surface area contributed by atoms with E-state index in [1.807, 2.05) is 30.1 Å². The van der Waals surface area contributed by atoms with E-state index in [0.29, 0.717) is 0 Å². The van der Waals surface area contributed by atoms with Crippen molar-refractivity contribution in [3.8, 4) is 0 Å². The number of aromatic nitrogens is 3. The third-order valence-electron chi connectivity index (χ3n) is 3.55. The van der Waals surface area contributed by atoms with Gasteiger partial charge in [-0.15, -0.1) is 0 Å². The molecule has 4 nitrogen and oxygen atoms in total. The van der Waals surface area contributed by atoms with Crippen molar-refractivity contribution in [3.63, 3.8) is 0 Å². The van der Waals surface area contributed by atoms with Crippen LogP contribution in [0.1, 0.15) is 37.0 Å². The summed E-state index contributed by atoms with van der Waals surface area (Å²) in [7, 11) is 1.94. The van der Waals surface area contributed by atoms with Crippen LogP contribution in [-0.2, 0) is 19.4 Å². The zero-order valence-electron chi connectivity index (χ0n) is 12.5. The van der Waals surface area contributed by atoms with Crippen molar-refractivity contribution >= 4 is 27.5 Å². The van der Waals surface area contributed by atoms with Crippen LogP contribution >= 0.6 is 27.5 Å². The van der Waals surface area contributed by atoms with Gasteiger partial charge in [-0.2, -0.15) is 5.10 Å². The van der Waals surface area contributed by atoms with E-state index in [0.717, 1.165) is 46.0 Å². The van der Waals surface area contributed by atoms with Crippen molar-refractivity contribution in [1.82, 2.24) is 20.1 Å². The number of nitrogens with zero attached hydrogens (tertiary/aromatic N) is 3. The summed E-state index contributed by atoms with van der Waals surface area (Å²) in [4.78, 5) is 4.48. The molecule has 0 fully saturated rings. The molecule has 0 saturated carbocycles. The zero-order valence-corrected chi connectivity index (χ0v) is 14.9. The minimum atomic E-state index is 0.113. The molecule has 0 saturated heterocycles. The van der Waals surface area contributed by atoms with E-state index in [1.165, 1.54) is 0 Å². The van der Waals surface area contributed by atoms with Crippen LogP contribution in [0.5, 0.6) is 0 Å². The SMILES string of the molecule is CCc1nn(CC)c(CC(NC)c2ccc(Br)cn2)c1Cl. The van der Waals surface area contributed by atoms with E-state index in [-0.39, 0.29) is 6.04 Å². The van der Waals surface area contributed by atoms with Crippen molar-refractivity contribution in [1.29, 1.82) is 0 Å². The predicted molar refractivity (Wildman–Crippen MR) is 89.7 cm³/mol.